The monoisotopic (exact) mass is 157 g/mol. The van der Waals surface area contributed by atoms with Crippen LogP contribution in [0.4, 0.5) is 0 Å². The van der Waals surface area contributed by atoms with Gasteiger partial charge in [0.05, 0.1) is 13.0 Å². The van der Waals surface area contributed by atoms with E-state index in [9.17, 15) is 9.59 Å². The van der Waals surface area contributed by atoms with E-state index in [0.29, 0.717) is 0 Å². The molecule has 2 rings (SSSR count). The molecule has 0 saturated carbocycles. The van der Waals surface area contributed by atoms with Crippen LogP contribution < -0.4 is 5.32 Å². The lowest BCUT2D eigenvalue weighted by atomic mass is 9.90. The molecule has 2 N–H and O–H groups in total. The molecule has 0 aromatic rings. The van der Waals surface area contributed by atoms with Gasteiger partial charge in [0.25, 0.3) is 0 Å². The molecule has 2 heterocycles. The summed E-state index contributed by atoms with van der Waals surface area (Å²) >= 11 is 0. The summed E-state index contributed by atoms with van der Waals surface area (Å²) in [5.41, 5.74) is -1.10. The summed E-state index contributed by atoms with van der Waals surface area (Å²) in [7, 11) is 0. The van der Waals surface area contributed by atoms with Crippen molar-refractivity contribution in [3.63, 3.8) is 0 Å². The zero-order valence-corrected chi connectivity index (χ0v) is 5.66. The van der Waals surface area contributed by atoms with E-state index in [1.165, 1.54) is 0 Å². The van der Waals surface area contributed by atoms with E-state index < -0.39 is 17.6 Å². The van der Waals surface area contributed by atoms with Crippen LogP contribution in [-0.4, -0.2) is 35.2 Å². The molecule has 60 valence electrons. The van der Waals surface area contributed by atoms with Crippen LogP contribution in [0.25, 0.3) is 0 Å². The number of hydrogen-bond donors (Lipinski definition) is 2. The van der Waals surface area contributed by atoms with Crippen molar-refractivity contribution in [1.29, 1.82) is 0 Å². The van der Waals surface area contributed by atoms with Crippen LogP contribution in [0.3, 0.4) is 0 Å². The summed E-state index contributed by atoms with van der Waals surface area (Å²) in [5.74, 6) is -0.772. The summed E-state index contributed by atoms with van der Waals surface area (Å²) in [5, 5.41) is 11.2. The smallest absolute Gasteiger partial charge is 0.338 e. The van der Waals surface area contributed by atoms with Gasteiger partial charge in [-0.05, 0) is 0 Å². The van der Waals surface area contributed by atoms with E-state index in [4.69, 9.17) is 5.11 Å². The summed E-state index contributed by atoms with van der Waals surface area (Å²) in [6.45, 7) is -0.373. The van der Waals surface area contributed by atoms with Gasteiger partial charge in [-0.15, -0.1) is 0 Å². The van der Waals surface area contributed by atoms with Crippen LogP contribution in [0.2, 0.25) is 0 Å². The second-order valence-corrected chi connectivity index (χ2v) is 2.78. The standard InChI is InChI=1S/C6H7NO4/c8-2-6-3(11-5(6)10)1-4(9)7-6/h3,8H,1-2H2,(H,7,9)/t3-,6?/m0/s1. The number of esters is 1. The highest BCUT2D eigenvalue weighted by atomic mass is 16.6. The van der Waals surface area contributed by atoms with Crippen molar-refractivity contribution in [3.05, 3.63) is 0 Å². The van der Waals surface area contributed by atoms with Gasteiger partial charge in [0, 0.05) is 0 Å². The predicted octanol–water partition coefficient (Wildman–Crippen LogP) is -1.84. The molecule has 5 heteroatoms. The van der Waals surface area contributed by atoms with E-state index in [0.717, 1.165) is 0 Å². The average Bonchev–Trinajstić information content (AvgIpc) is 2.23. The van der Waals surface area contributed by atoms with Gasteiger partial charge in [0.15, 0.2) is 5.54 Å². The number of ether oxygens (including phenoxy) is 1. The molecule has 0 aromatic carbocycles. The summed E-state index contributed by atoms with van der Waals surface area (Å²) < 4.78 is 4.65. The Bertz CT molecular complexity index is 239. The topological polar surface area (TPSA) is 75.6 Å². The summed E-state index contributed by atoms with van der Waals surface area (Å²) in [6.07, 6.45) is -0.278. The zero-order chi connectivity index (χ0) is 8.06. The zero-order valence-electron chi connectivity index (χ0n) is 5.66. The van der Waals surface area contributed by atoms with Crippen molar-refractivity contribution in [1.82, 2.24) is 5.32 Å². The van der Waals surface area contributed by atoms with Crippen molar-refractivity contribution in [2.75, 3.05) is 6.61 Å². The Morgan fingerprint density at radius 1 is 1.73 bits per heavy atom. The molecule has 2 fully saturated rings. The first-order valence-corrected chi connectivity index (χ1v) is 3.32. The van der Waals surface area contributed by atoms with E-state index in [2.05, 4.69) is 10.1 Å². The molecule has 2 aliphatic rings. The van der Waals surface area contributed by atoms with Crippen LogP contribution in [0.15, 0.2) is 0 Å². The lowest BCUT2D eigenvalue weighted by Gasteiger charge is -2.39. The number of amides is 1. The van der Waals surface area contributed by atoms with Crippen LogP contribution in [0, 0.1) is 0 Å². The third-order valence-corrected chi connectivity index (χ3v) is 2.15. The van der Waals surface area contributed by atoms with Gasteiger partial charge in [-0.2, -0.15) is 0 Å². The highest BCUT2D eigenvalue weighted by Crippen LogP contribution is 2.34. The molecule has 11 heavy (non-hydrogen) atoms. The maximum absolute atomic E-state index is 10.8. The molecule has 2 saturated heterocycles. The second kappa shape index (κ2) is 1.73. The van der Waals surface area contributed by atoms with Crippen molar-refractivity contribution in [3.8, 4) is 0 Å². The van der Waals surface area contributed by atoms with Gasteiger partial charge in [-0.1, -0.05) is 0 Å². The minimum Gasteiger partial charge on any atom is -0.457 e. The van der Waals surface area contributed by atoms with Crippen molar-refractivity contribution in [2.45, 2.75) is 18.1 Å². The van der Waals surface area contributed by atoms with Crippen molar-refractivity contribution < 1.29 is 19.4 Å². The molecular formula is C6H7NO4. The average molecular weight is 157 g/mol. The molecule has 0 spiro atoms. The molecule has 0 bridgehead atoms. The van der Waals surface area contributed by atoms with Crippen LogP contribution in [0.1, 0.15) is 6.42 Å². The highest BCUT2D eigenvalue weighted by Gasteiger charge is 2.63. The minimum atomic E-state index is -1.10. The van der Waals surface area contributed by atoms with Gasteiger partial charge < -0.3 is 15.2 Å². The lowest BCUT2D eigenvalue weighted by molar-refractivity contribution is -0.191. The number of nitrogens with one attached hydrogen (secondary N) is 1. The van der Waals surface area contributed by atoms with E-state index in [1.54, 1.807) is 0 Å². The molecule has 1 unspecified atom stereocenters. The Hall–Kier alpha value is -1.10. The highest BCUT2D eigenvalue weighted by molar-refractivity contribution is 5.98. The normalized spacial score (nSPS) is 40.6. The Labute approximate surface area is 62.3 Å². The third-order valence-electron chi connectivity index (χ3n) is 2.15. The first-order valence-electron chi connectivity index (χ1n) is 3.32. The number of carbonyl (C=O) groups is 2. The fourth-order valence-electron chi connectivity index (χ4n) is 1.43. The molecule has 2 aliphatic heterocycles. The maximum atomic E-state index is 10.8. The van der Waals surface area contributed by atoms with Gasteiger partial charge in [0.1, 0.15) is 6.10 Å². The molecule has 5 nitrogen and oxygen atoms in total. The van der Waals surface area contributed by atoms with Gasteiger partial charge in [-0.3, -0.25) is 4.79 Å². The first kappa shape index (κ1) is 6.60. The fourth-order valence-corrected chi connectivity index (χ4v) is 1.43. The Morgan fingerprint density at radius 3 is 2.82 bits per heavy atom. The van der Waals surface area contributed by atoms with Crippen LogP contribution in [-0.2, 0) is 14.3 Å². The molecule has 2 atom stereocenters. The fraction of sp³-hybridized carbons (Fsp3) is 0.667. The number of hydrogen-bond acceptors (Lipinski definition) is 4. The number of carbonyl (C=O) groups excluding carboxylic acids is 2. The van der Waals surface area contributed by atoms with Gasteiger partial charge in [-0.25, -0.2) is 4.79 Å². The van der Waals surface area contributed by atoms with E-state index in [1.807, 2.05) is 0 Å². The van der Waals surface area contributed by atoms with Crippen LogP contribution >= 0.6 is 0 Å². The number of fused-ring (bicyclic) bond motifs is 1. The van der Waals surface area contributed by atoms with Gasteiger partial charge in [0.2, 0.25) is 5.91 Å². The van der Waals surface area contributed by atoms with Crippen molar-refractivity contribution in [2.24, 2.45) is 0 Å². The Kier molecular flexibility index (Phi) is 1.04. The number of aliphatic hydroxyl groups is 1. The lowest BCUT2D eigenvalue weighted by Crippen LogP contribution is -2.68. The van der Waals surface area contributed by atoms with Crippen molar-refractivity contribution >= 4 is 11.9 Å². The molecule has 1 amide bonds. The molecular weight excluding hydrogens is 150 g/mol. The molecule has 0 aromatic heterocycles. The SMILES string of the molecule is O=C1C[C@@H]2OC(=O)C2(CO)N1. The maximum Gasteiger partial charge on any atom is 0.338 e. The van der Waals surface area contributed by atoms with Crippen LogP contribution in [0.5, 0.6) is 0 Å². The second-order valence-electron chi connectivity index (χ2n) is 2.78. The third kappa shape index (κ3) is 0.586. The Balaban J connectivity index is 2.28. The van der Waals surface area contributed by atoms with E-state index in [-0.39, 0.29) is 18.9 Å². The molecule has 0 aliphatic carbocycles. The number of aliphatic hydroxyl groups excluding tert-OH is 1. The minimum absolute atomic E-state index is 0.173. The predicted molar refractivity (Wildman–Crippen MR) is 32.5 cm³/mol. The molecule has 0 radical (unpaired) electrons. The Morgan fingerprint density at radius 2 is 2.45 bits per heavy atom. The quantitative estimate of drug-likeness (QED) is 0.439. The first-order chi connectivity index (χ1) is 5.19. The number of rotatable bonds is 1. The largest absolute Gasteiger partial charge is 0.457 e. The van der Waals surface area contributed by atoms with Gasteiger partial charge >= 0.3 is 5.97 Å². The summed E-state index contributed by atoms with van der Waals surface area (Å²) in [4.78, 5) is 21.6. The van der Waals surface area contributed by atoms with E-state index >= 15 is 0 Å². The summed E-state index contributed by atoms with van der Waals surface area (Å²) in [6, 6.07) is 0.